The van der Waals surface area contributed by atoms with Gasteiger partial charge in [0.25, 0.3) is 0 Å². The Morgan fingerprint density at radius 2 is 2.05 bits per heavy atom. The zero-order valence-electron chi connectivity index (χ0n) is 11.8. The summed E-state index contributed by atoms with van der Waals surface area (Å²) < 4.78 is 27.2. The topological polar surface area (TPSA) is 12.0 Å². The first-order valence-corrected chi connectivity index (χ1v) is 7.23. The number of hydrogen-bond donors (Lipinski definition) is 1. The number of nitrogens with one attached hydrogen (secondary N) is 1. The fourth-order valence-electron chi connectivity index (χ4n) is 3.05. The molecule has 106 valence electrons. The Morgan fingerprint density at radius 1 is 1.26 bits per heavy atom. The van der Waals surface area contributed by atoms with Gasteiger partial charge in [0, 0.05) is 0 Å². The van der Waals surface area contributed by atoms with Gasteiger partial charge in [0.1, 0.15) is 11.6 Å². The fourth-order valence-corrected chi connectivity index (χ4v) is 3.05. The van der Waals surface area contributed by atoms with E-state index in [0.717, 1.165) is 32.4 Å². The van der Waals surface area contributed by atoms with Gasteiger partial charge in [0.15, 0.2) is 0 Å². The zero-order valence-corrected chi connectivity index (χ0v) is 11.8. The number of benzene rings is 1. The molecular formula is C16H23F2N. The van der Waals surface area contributed by atoms with Crippen molar-refractivity contribution in [2.75, 3.05) is 13.1 Å². The molecule has 2 unspecified atom stereocenters. The zero-order chi connectivity index (χ0) is 13.8. The number of rotatable bonds is 5. The number of hydrogen-bond acceptors (Lipinski definition) is 1. The average molecular weight is 267 g/mol. The van der Waals surface area contributed by atoms with E-state index in [4.69, 9.17) is 0 Å². The van der Waals surface area contributed by atoms with Crippen LogP contribution in [0, 0.1) is 23.5 Å². The predicted molar refractivity (Wildman–Crippen MR) is 74.1 cm³/mol. The summed E-state index contributed by atoms with van der Waals surface area (Å²) in [6, 6.07) is 3.82. The molecule has 0 aromatic heterocycles. The Kier molecular flexibility index (Phi) is 4.92. The minimum Gasteiger partial charge on any atom is -0.316 e. The van der Waals surface area contributed by atoms with Crippen LogP contribution in [0.5, 0.6) is 0 Å². The Labute approximate surface area is 114 Å². The molecule has 1 aliphatic carbocycles. The predicted octanol–water partition coefficient (Wildman–Crippen LogP) is 4.09. The average Bonchev–Trinajstić information content (AvgIpc) is 2.80. The highest BCUT2D eigenvalue weighted by Crippen LogP contribution is 2.40. The molecule has 1 aromatic carbocycles. The molecule has 2 atom stereocenters. The van der Waals surface area contributed by atoms with Crippen molar-refractivity contribution < 1.29 is 8.78 Å². The summed E-state index contributed by atoms with van der Waals surface area (Å²) >= 11 is 0. The lowest BCUT2D eigenvalue weighted by Gasteiger charge is -2.21. The van der Waals surface area contributed by atoms with Gasteiger partial charge in [-0.25, -0.2) is 8.78 Å². The second kappa shape index (κ2) is 6.47. The van der Waals surface area contributed by atoms with E-state index in [1.165, 1.54) is 18.2 Å². The molecule has 19 heavy (non-hydrogen) atoms. The van der Waals surface area contributed by atoms with E-state index in [0.29, 0.717) is 17.4 Å². The summed E-state index contributed by atoms with van der Waals surface area (Å²) in [6.07, 6.45) is 3.18. The molecule has 1 aliphatic rings. The largest absolute Gasteiger partial charge is 0.316 e. The molecule has 0 radical (unpaired) electrons. The van der Waals surface area contributed by atoms with Gasteiger partial charge in [-0.3, -0.25) is 0 Å². The third-order valence-corrected chi connectivity index (χ3v) is 3.98. The summed E-state index contributed by atoms with van der Waals surface area (Å²) in [4.78, 5) is 0. The standard InChI is InChI=1S/C16H23F2N/c1-11(2)9-19-10-12-4-3-5-14(12)15-8-13(17)6-7-16(15)18/h6-8,11-12,14,19H,3-5,9-10H2,1-2H3. The van der Waals surface area contributed by atoms with Crippen LogP contribution in [0.15, 0.2) is 18.2 Å². The van der Waals surface area contributed by atoms with Crippen molar-refractivity contribution in [2.45, 2.75) is 39.0 Å². The monoisotopic (exact) mass is 267 g/mol. The molecule has 2 rings (SSSR count). The summed E-state index contributed by atoms with van der Waals surface area (Å²) in [5.41, 5.74) is 0.564. The minimum atomic E-state index is -0.336. The molecule has 1 aromatic rings. The van der Waals surface area contributed by atoms with Gasteiger partial charge in [0.2, 0.25) is 0 Å². The SMILES string of the molecule is CC(C)CNCC1CCCC1c1cc(F)ccc1F. The molecule has 0 heterocycles. The molecule has 1 fully saturated rings. The second-order valence-corrected chi connectivity index (χ2v) is 6.02. The van der Waals surface area contributed by atoms with Crippen molar-refractivity contribution in [3.05, 3.63) is 35.4 Å². The summed E-state index contributed by atoms with van der Waals surface area (Å²) in [6.45, 7) is 6.23. The lowest BCUT2D eigenvalue weighted by atomic mass is 9.88. The summed E-state index contributed by atoms with van der Waals surface area (Å²) in [5.74, 6) is 0.607. The molecule has 0 amide bonds. The first-order valence-electron chi connectivity index (χ1n) is 7.23. The Bertz CT molecular complexity index is 417. The molecule has 0 saturated heterocycles. The van der Waals surface area contributed by atoms with Gasteiger partial charge < -0.3 is 5.32 Å². The first kappa shape index (κ1) is 14.4. The molecule has 1 N–H and O–H groups in total. The second-order valence-electron chi connectivity index (χ2n) is 6.02. The Balaban J connectivity index is 2.03. The van der Waals surface area contributed by atoms with E-state index in [9.17, 15) is 8.78 Å². The first-order chi connectivity index (χ1) is 9.08. The van der Waals surface area contributed by atoms with Gasteiger partial charge in [0.05, 0.1) is 0 Å². The van der Waals surface area contributed by atoms with Gasteiger partial charge >= 0.3 is 0 Å². The van der Waals surface area contributed by atoms with Crippen molar-refractivity contribution >= 4 is 0 Å². The van der Waals surface area contributed by atoms with Crippen molar-refractivity contribution in [3.8, 4) is 0 Å². The highest BCUT2D eigenvalue weighted by atomic mass is 19.1. The Hall–Kier alpha value is -0.960. The van der Waals surface area contributed by atoms with E-state index >= 15 is 0 Å². The molecule has 3 heteroatoms. The van der Waals surface area contributed by atoms with Crippen molar-refractivity contribution in [3.63, 3.8) is 0 Å². The van der Waals surface area contributed by atoms with Crippen LogP contribution >= 0.6 is 0 Å². The van der Waals surface area contributed by atoms with E-state index in [1.54, 1.807) is 0 Å². The highest BCUT2D eigenvalue weighted by molar-refractivity contribution is 5.24. The maximum Gasteiger partial charge on any atom is 0.126 e. The van der Waals surface area contributed by atoms with Crippen molar-refractivity contribution in [1.82, 2.24) is 5.32 Å². The molecule has 0 spiro atoms. The molecular weight excluding hydrogens is 244 g/mol. The van der Waals surface area contributed by atoms with Crippen molar-refractivity contribution in [2.24, 2.45) is 11.8 Å². The van der Waals surface area contributed by atoms with Crippen LogP contribution in [-0.4, -0.2) is 13.1 Å². The smallest absolute Gasteiger partial charge is 0.126 e. The molecule has 1 saturated carbocycles. The van der Waals surface area contributed by atoms with Crippen LogP contribution < -0.4 is 5.32 Å². The maximum absolute atomic E-state index is 13.9. The van der Waals surface area contributed by atoms with E-state index < -0.39 is 0 Å². The molecule has 1 nitrogen and oxygen atoms in total. The maximum atomic E-state index is 13.9. The fraction of sp³-hybridized carbons (Fsp3) is 0.625. The van der Waals surface area contributed by atoms with Crippen LogP contribution in [0.4, 0.5) is 8.78 Å². The van der Waals surface area contributed by atoms with Crippen molar-refractivity contribution in [1.29, 1.82) is 0 Å². The minimum absolute atomic E-state index is 0.162. The van der Waals surface area contributed by atoms with Crippen LogP contribution in [0.3, 0.4) is 0 Å². The van der Waals surface area contributed by atoms with Gasteiger partial charge in [-0.05, 0) is 67.4 Å². The van der Waals surface area contributed by atoms with E-state index in [2.05, 4.69) is 19.2 Å². The van der Waals surface area contributed by atoms with Crippen LogP contribution in [-0.2, 0) is 0 Å². The summed E-state index contributed by atoms with van der Waals surface area (Å²) in [5, 5.41) is 3.44. The summed E-state index contributed by atoms with van der Waals surface area (Å²) in [7, 11) is 0. The third-order valence-electron chi connectivity index (χ3n) is 3.98. The third kappa shape index (κ3) is 3.75. The normalized spacial score (nSPS) is 23.2. The van der Waals surface area contributed by atoms with Crippen LogP contribution in [0.25, 0.3) is 0 Å². The molecule has 0 bridgehead atoms. The molecule has 0 aliphatic heterocycles. The van der Waals surface area contributed by atoms with Crippen LogP contribution in [0.1, 0.15) is 44.6 Å². The van der Waals surface area contributed by atoms with E-state index in [1.807, 2.05) is 0 Å². The Morgan fingerprint density at radius 3 is 2.79 bits per heavy atom. The highest BCUT2D eigenvalue weighted by Gasteiger charge is 2.30. The van der Waals surface area contributed by atoms with Gasteiger partial charge in [-0.1, -0.05) is 20.3 Å². The van der Waals surface area contributed by atoms with Crippen LogP contribution in [0.2, 0.25) is 0 Å². The lowest BCUT2D eigenvalue weighted by molar-refractivity contribution is 0.415. The van der Waals surface area contributed by atoms with E-state index in [-0.39, 0.29) is 17.6 Å². The lowest BCUT2D eigenvalue weighted by Crippen LogP contribution is -2.28. The quantitative estimate of drug-likeness (QED) is 0.847. The number of halogens is 2. The van der Waals surface area contributed by atoms with Gasteiger partial charge in [-0.2, -0.15) is 0 Å². The van der Waals surface area contributed by atoms with Gasteiger partial charge in [-0.15, -0.1) is 0 Å².